The first-order chi connectivity index (χ1) is 18.3. The second kappa shape index (κ2) is 10.9. The van der Waals surface area contributed by atoms with Gasteiger partial charge in [-0.1, -0.05) is 42.7 Å². The number of carbonyl (C=O) groups excluding carboxylic acids is 1. The molecule has 2 N–H and O–H groups in total. The molecule has 4 aromatic rings. The van der Waals surface area contributed by atoms with Gasteiger partial charge in [-0.15, -0.1) is 0 Å². The maximum absolute atomic E-state index is 13.5. The zero-order valence-corrected chi connectivity index (χ0v) is 21.5. The van der Waals surface area contributed by atoms with Gasteiger partial charge >= 0.3 is 6.18 Å². The normalized spacial score (nSPS) is 14.4. The molecule has 1 amide bonds. The molecule has 0 radical (unpaired) electrons. The molecule has 2 heterocycles. The summed E-state index contributed by atoms with van der Waals surface area (Å²) in [6, 6.07) is 10.6. The van der Waals surface area contributed by atoms with Crippen LogP contribution >= 0.6 is 11.3 Å². The third-order valence-electron chi connectivity index (χ3n) is 6.45. The standard InChI is InChI=1S/C27H26F3N5O2S/c1-16(36)34-26-35-25-22(8-5-9-23(25)38-26)37-24-13-21(32-15-33-24)19-11-10-18(27(28,29)30)12-20(19)31-14-17-6-3-2-4-7-17/h5,8-13,15,17,31H,2-4,6-7,14H2,1H3,(H,34,35,36). The zero-order chi connectivity index (χ0) is 26.7. The van der Waals surface area contributed by atoms with Crippen molar-refractivity contribution in [2.24, 2.45) is 5.92 Å². The SMILES string of the molecule is CC(=O)Nc1nc2c(Oc3cc(-c4ccc(C(F)(F)F)cc4NCC4CCCCC4)ncn3)cccc2s1. The Hall–Kier alpha value is -3.73. The Morgan fingerprint density at radius 3 is 2.68 bits per heavy atom. The average molecular weight is 542 g/mol. The number of amides is 1. The third-order valence-corrected chi connectivity index (χ3v) is 7.39. The molecule has 198 valence electrons. The smallest absolute Gasteiger partial charge is 0.416 e. The fourth-order valence-corrected chi connectivity index (χ4v) is 5.53. The van der Waals surface area contributed by atoms with Gasteiger partial charge in [-0.25, -0.2) is 15.0 Å². The maximum Gasteiger partial charge on any atom is 0.416 e. The molecule has 0 aliphatic heterocycles. The quantitative estimate of drug-likeness (QED) is 0.252. The molecule has 0 saturated heterocycles. The van der Waals surface area contributed by atoms with E-state index in [1.165, 1.54) is 37.1 Å². The van der Waals surface area contributed by atoms with Crippen molar-refractivity contribution in [1.82, 2.24) is 15.0 Å². The van der Waals surface area contributed by atoms with Crippen molar-refractivity contribution in [1.29, 1.82) is 0 Å². The molecule has 5 rings (SSSR count). The molecule has 0 atom stereocenters. The van der Waals surface area contributed by atoms with Crippen molar-refractivity contribution in [3.63, 3.8) is 0 Å². The fourth-order valence-electron chi connectivity index (χ4n) is 4.60. The summed E-state index contributed by atoms with van der Waals surface area (Å²) >= 11 is 1.32. The lowest BCUT2D eigenvalue weighted by atomic mass is 9.89. The fraction of sp³-hybridized carbons (Fsp3) is 0.333. The summed E-state index contributed by atoms with van der Waals surface area (Å²) in [6.07, 6.45) is 2.49. The van der Waals surface area contributed by atoms with E-state index in [9.17, 15) is 18.0 Å². The van der Waals surface area contributed by atoms with E-state index in [-0.39, 0.29) is 11.8 Å². The number of alkyl halides is 3. The first-order valence-electron chi connectivity index (χ1n) is 12.4. The lowest BCUT2D eigenvalue weighted by Gasteiger charge is -2.23. The highest BCUT2D eigenvalue weighted by molar-refractivity contribution is 7.22. The monoisotopic (exact) mass is 541 g/mol. The Bertz CT molecular complexity index is 1450. The van der Waals surface area contributed by atoms with E-state index in [1.807, 2.05) is 6.07 Å². The van der Waals surface area contributed by atoms with E-state index in [4.69, 9.17) is 4.74 Å². The highest BCUT2D eigenvalue weighted by atomic mass is 32.1. The minimum Gasteiger partial charge on any atom is -0.437 e. The van der Waals surface area contributed by atoms with Crippen LogP contribution in [0.15, 0.2) is 48.8 Å². The third kappa shape index (κ3) is 6.04. The van der Waals surface area contributed by atoms with E-state index in [0.717, 1.165) is 42.5 Å². The first-order valence-corrected chi connectivity index (χ1v) is 13.2. The Labute approximate surface area is 221 Å². The zero-order valence-electron chi connectivity index (χ0n) is 20.6. The van der Waals surface area contributed by atoms with E-state index in [2.05, 4.69) is 25.6 Å². The predicted octanol–water partition coefficient (Wildman–Crippen LogP) is 7.52. The van der Waals surface area contributed by atoms with Crippen LogP contribution in [0.3, 0.4) is 0 Å². The molecule has 2 aromatic heterocycles. The molecule has 1 aliphatic rings. The van der Waals surface area contributed by atoms with Gasteiger partial charge in [0.2, 0.25) is 11.8 Å². The van der Waals surface area contributed by atoms with Crippen molar-refractivity contribution in [3.05, 3.63) is 54.4 Å². The molecule has 0 unspecified atom stereocenters. The number of anilines is 2. The summed E-state index contributed by atoms with van der Waals surface area (Å²) < 4.78 is 47.3. The van der Waals surface area contributed by atoms with Crippen molar-refractivity contribution < 1.29 is 22.7 Å². The molecule has 38 heavy (non-hydrogen) atoms. The van der Waals surface area contributed by atoms with Gasteiger partial charge in [0.05, 0.1) is 16.0 Å². The van der Waals surface area contributed by atoms with E-state index in [1.54, 1.807) is 18.2 Å². The number of para-hydroxylation sites is 1. The Kier molecular flexibility index (Phi) is 7.46. The van der Waals surface area contributed by atoms with Gasteiger partial charge in [-0.2, -0.15) is 13.2 Å². The Balaban J connectivity index is 1.44. The highest BCUT2D eigenvalue weighted by Gasteiger charge is 2.31. The molecule has 7 nitrogen and oxygen atoms in total. The lowest BCUT2D eigenvalue weighted by Crippen LogP contribution is -2.18. The molecule has 1 aliphatic carbocycles. The molecular weight excluding hydrogens is 515 g/mol. The molecule has 11 heteroatoms. The summed E-state index contributed by atoms with van der Waals surface area (Å²) in [5, 5.41) is 6.38. The molecule has 1 saturated carbocycles. The van der Waals surface area contributed by atoms with Crippen LogP contribution in [-0.2, 0) is 11.0 Å². The minimum absolute atomic E-state index is 0.217. The van der Waals surface area contributed by atoms with Crippen molar-refractivity contribution in [2.75, 3.05) is 17.2 Å². The average Bonchev–Trinajstić information content (AvgIpc) is 3.30. The van der Waals surface area contributed by atoms with Gasteiger partial charge < -0.3 is 15.4 Å². The molecular formula is C27H26F3N5O2S. The maximum atomic E-state index is 13.5. The number of benzene rings is 2. The number of aromatic nitrogens is 3. The summed E-state index contributed by atoms with van der Waals surface area (Å²) in [6.45, 7) is 2.01. The van der Waals surface area contributed by atoms with Crippen molar-refractivity contribution in [3.8, 4) is 22.9 Å². The van der Waals surface area contributed by atoms with Crippen molar-refractivity contribution in [2.45, 2.75) is 45.2 Å². The van der Waals surface area contributed by atoms with Gasteiger partial charge in [0, 0.05) is 30.8 Å². The van der Waals surface area contributed by atoms with Crippen LogP contribution in [0.2, 0.25) is 0 Å². The minimum atomic E-state index is -4.46. The molecule has 1 fully saturated rings. The van der Waals surface area contributed by atoms with E-state index >= 15 is 0 Å². The molecule has 0 spiro atoms. The second-order valence-corrected chi connectivity index (χ2v) is 10.3. The second-order valence-electron chi connectivity index (χ2n) is 9.29. The number of ether oxygens (including phenoxy) is 1. The van der Waals surface area contributed by atoms with Crippen LogP contribution in [0.4, 0.5) is 24.0 Å². The van der Waals surface area contributed by atoms with Crippen LogP contribution in [0, 0.1) is 5.92 Å². The van der Waals surface area contributed by atoms with Crippen molar-refractivity contribution >= 4 is 38.3 Å². The van der Waals surface area contributed by atoms with E-state index < -0.39 is 11.7 Å². The van der Waals surface area contributed by atoms with Crippen LogP contribution in [-0.4, -0.2) is 27.4 Å². The summed E-state index contributed by atoms with van der Waals surface area (Å²) in [7, 11) is 0. The Morgan fingerprint density at radius 1 is 1.11 bits per heavy atom. The van der Waals surface area contributed by atoms with Gasteiger partial charge in [0.25, 0.3) is 0 Å². The number of rotatable bonds is 7. The number of hydrogen-bond acceptors (Lipinski definition) is 7. The topological polar surface area (TPSA) is 89.0 Å². The van der Waals surface area contributed by atoms with E-state index in [0.29, 0.717) is 45.8 Å². The van der Waals surface area contributed by atoms with Crippen LogP contribution in [0.5, 0.6) is 11.6 Å². The van der Waals surface area contributed by atoms with Crippen LogP contribution < -0.4 is 15.4 Å². The lowest BCUT2D eigenvalue weighted by molar-refractivity contribution is -0.137. The number of halogens is 3. The number of fused-ring (bicyclic) bond motifs is 1. The van der Waals surface area contributed by atoms with Gasteiger partial charge in [0.1, 0.15) is 11.8 Å². The number of nitrogens with one attached hydrogen (secondary N) is 2. The largest absolute Gasteiger partial charge is 0.437 e. The number of nitrogens with zero attached hydrogens (tertiary/aromatic N) is 3. The predicted molar refractivity (Wildman–Crippen MR) is 142 cm³/mol. The summed E-state index contributed by atoms with van der Waals surface area (Å²) in [4.78, 5) is 24.4. The van der Waals surface area contributed by atoms with Crippen LogP contribution in [0.25, 0.3) is 21.5 Å². The number of carbonyl (C=O) groups is 1. The summed E-state index contributed by atoms with van der Waals surface area (Å²) in [5.41, 5.74) is 1.17. The van der Waals surface area contributed by atoms with Gasteiger partial charge in [0.15, 0.2) is 10.9 Å². The summed E-state index contributed by atoms with van der Waals surface area (Å²) in [5.74, 6) is 0.852. The highest BCUT2D eigenvalue weighted by Crippen LogP contribution is 2.38. The van der Waals surface area contributed by atoms with Gasteiger partial charge in [-0.3, -0.25) is 4.79 Å². The van der Waals surface area contributed by atoms with Gasteiger partial charge in [-0.05, 0) is 43.0 Å². The number of hydrogen-bond donors (Lipinski definition) is 2. The molecule has 2 aromatic carbocycles. The first kappa shape index (κ1) is 25.9. The van der Waals surface area contributed by atoms with Crippen LogP contribution in [0.1, 0.15) is 44.6 Å². The number of thiazole rings is 1. The Morgan fingerprint density at radius 2 is 1.92 bits per heavy atom. The molecule has 0 bridgehead atoms.